The Hall–Kier alpha value is -4.18. The third-order valence-corrected chi connectivity index (χ3v) is 15.6. The molecule has 0 radical (unpaired) electrons. The van der Waals surface area contributed by atoms with E-state index in [4.69, 9.17) is 20.9 Å². The van der Waals surface area contributed by atoms with E-state index in [1.165, 1.54) is 80.9 Å². The van der Waals surface area contributed by atoms with E-state index in [1.807, 2.05) is 60.9 Å². The Morgan fingerprint density at radius 1 is 0.821 bits per heavy atom. The molecule has 0 amide bonds. The van der Waals surface area contributed by atoms with Gasteiger partial charge >= 0.3 is 0 Å². The summed E-state index contributed by atoms with van der Waals surface area (Å²) in [7, 11) is 0. The molecule has 4 aliphatic carbocycles. The first-order valence-electron chi connectivity index (χ1n) is 21.7. The van der Waals surface area contributed by atoms with Gasteiger partial charge in [-0.2, -0.15) is 0 Å². The monoisotopic (exact) mass is 753 g/mol. The molecule has 0 aromatic heterocycles. The minimum atomic E-state index is -0.224. The highest BCUT2D eigenvalue weighted by Gasteiger charge is 2.62. The molecule has 4 fully saturated rings. The third kappa shape index (κ3) is 8.00. The summed E-state index contributed by atoms with van der Waals surface area (Å²) in [5.41, 5.74) is 18.2. The number of benzene rings is 3. The smallest absolute Gasteiger partial charge is 0.129 e. The van der Waals surface area contributed by atoms with Crippen molar-refractivity contribution in [3.8, 4) is 17.2 Å². The summed E-state index contributed by atoms with van der Waals surface area (Å²) in [6, 6.07) is 24.1. The van der Waals surface area contributed by atoms with Crippen molar-refractivity contribution in [1.29, 1.82) is 0 Å². The summed E-state index contributed by atoms with van der Waals surface area (Å²) >= 11 is 0. The molecule has 9 atom stereocenters. The molecule has 4 N–H and O–H groups in total. The van der Waals surface area contributed by atoms with Crippen LogP contribution in [0.15, 0.2) is 121 Å². The number of hydrogen-bond donors (Lipinski definition) is 2. The Morgan fingerprint density at radius 3 is 2.25 bits per heavy atom. The lowest BCUT2D eigenvalue weighted by Crippen LogP contribution is -2.55. The molecule has 56 heavy (non-hydrogen) atoms. The van der Waals surface area contributed by atoms with Crippen LogP contribution < -0.4 is 20.9 Å². The maximum atomic E-state index is 6.46. The highest BCUT2D eigenvalue weighted by molar-refractivity contribution is 5.50. The van der Waals surface area contributed by atoms with Gasteiger partial charge in [0.2, 0.25) is 0 Å². The Labute approximate surface area is 338 Å². The molecule has 4 nitrogen and oxygen atoms in total. The van der Waals surface area contributed by atoms with E-state index in [0.29, 0.717) is 28.1 Å². The van der Waals surface area contributed by atoms with E-state index >= 15 is 0 Å². The second-order valence-corrected chi connectivity index (χ2v) is 18.9. The lowest BCUT2D eigenvalue weighted by atomic mass is 9.42. The first kappa shape index (κ1) is 40.0. The first-order valence-corrected chi connectivity index (χ1v) is 21.7. The number of rotatable bonds is 13. The van der Waals surface area contributed by atoms with Crippen molar-refractivity contribution in [2.75, 3.05) is 11.5 Å². The topological polar surface area (TPSA) is 70.5 Å². The number of anilines is 2. The van der Waals surface area contributed by atoms with Crippen LogP contribution in [0.2, 0.25) is 0 Å². The van der Waals surface area contributed by atoms with Crippen LogP contribution in [0.3, 0.4) is 0 Å². The van der Waals surface area contributed by atoms with E-state index in [9.17, 15) is 0 Å². The quantitative estimate of drug-likeness (QED) is 0.0600. The number of allylic oxidation sites excluding steroid dienone is 6. The van der Waals surface area contributed by atoms with Gasteiger partial charge in [0.1, 0.15) is 17.2 Å². The van der Waals surface area contributed by atoms with E-state index in [1.54, 1.807) is 0 Å². The fourth-order valence-corrected chi connectivity index (χ4v) is 12.8. The van der Waals surface area contributed by atoms with Crippen LogP contribution in [0, 0.1) is 46.3 Å². The molecule has 0 aliphatic heterocycles. The molecule has 298 valence electrons. The molecule has 4 aliphatic rings. The summed E-state index contributed by atoms with van der Waals surface area (Å²) in [4.78, 5) is 0. The van der Waals surface area contributed by atoms with E-state index in [2.05, 4.69) is 83.7 Å². The molecule has 3 aromatic rings. The lowest BCUT2D eigenvalue weighted by molar-refractivity contribution is -0.122. The molecule has 0 bridgehead atoms. The molecule has 4 heteroatoms. The SMILES string of the molecule is C=C/C=C(\C=C\Oc1cccc(N)c1)C1(c2cccc(Oc3cccc(N)c3)c2)CCC2(C)C(CCC3C2CCC2(C)C(C(C)CCCC=C(C)C)CCC32)C1. The van der Waals surface area contributed by atoms with Gasteiger partial charge in [-0.25, -0.2) is 0 Å². The third-order valence-electron chi connectivity index (χ3n) is 15.6. The molecule has 0 spiro atoms. The van der Waals surface area contributed by atoms with Crippen LogP contribution in [-0.2, 0) is 5.41 Å². The van der Waals surface area contributed by atoms with Crippen molar-refractivity contribution in [1.82, 2.24) is 0 Å². The first-order chi connectivity index (χ1) is 26.9. The predicted molar refractivity (Wildman–Crippen MR) is 236 cm³/mol. The van der Waals surface area contributed by atoms with Gasteiger partial charge in [-0.05, 0) is 184 Å². The molecule has 7 rings (SSSR count). The summed E-state index contributed by atoms with van der Waals surface area (Å²) in [5.74, 6) is 7.17. The number of nitrogens with two attached hydrogens (primary N) is 2. The van der Waals surface area contributed by atoms with Gasteiger partial charge < -0.3 is 20.9 Å². The number of unbranched alkanes of at least 4 members (excludes halogenated alkanes) is 1. The van der Waals surface area contributed by atoms with Gasteiger partial charge in [-0.3, -0.25) is 0 Å². The fourth-order valence-electron chi connectivity index (χ4n) is 12.8. The molecule has 0 saturated heterocycles. The summed E-state index contributed by atoms with van der Waals surface area (Å²) in [6.45, 7) is 16.7. The van der Waals surface area contributed by atoms with Crippen LogP contribution >= 0.6 is 0 Å². The second kappa shape index (κ2) is 16.7. The zero-order valence-electron chi connectivity index (χ0n) is 34.9. The molecular formula is C52H68N2O2. The van der Waals surface area contributed by atoms with Crippen LogP contribution in [0.1, 0.15) is 117 Å². The zero-order chi connectivity index (χ0) is 39.5. The number of fused-ring (bicyclic) bond motifs is 5. The molecule has 4 saturated carbocycles. The van der Waals surface area contributed by atoms with Crippen molar-refractivity contribution in [3.63, 3.8) is 0 Å². The number of ether oxygens (including phenoxy) is 2. The van der Waals surface area contributed by atoms with Gasteiger partial charge in [-0.15, -0.1) is 0 Å². The molecule has 0 heterocycles. The van der Waals surface area contributed by atoms with Gasteiger partial charge in [0, 0.05) is 28.9 Å². The van der Waals surface area contributed by atoms with Gasteiger partial charge in [0.15, 0.2) is 0 Å². The second-order valence-electron chi connectivity index (χ2n) is 18.9. The van der Waals surface area contributed by atoms with Crippen molar-refractivity contribution in [3.05, 3.63) is 127 Å². The number of nitrogen functional groups attached to an aromatic ring is 2. The van der Waals surface area contributed by atoms with Crippen molar-refractivity contribution in [2.24, 2.45) is 46.3 Å². The molecule has 9 unspecified atom stereocenters. The van der Waals surface area contributed by atoms with Crippen molar-refractivity contribution < 1.29 is 9.47 Å². The van der Waals surface area contributed by atoms with Crippen molar-refractivity contribution >= 4 is 11.4 Å². The Kier molecular flexibility index (Phi) is 12.0. The summed E-state index contributed by atoms with van der Waals surface area (Å²) in [6.07, 6.45) is 26.3. The standard InChI is InChI=1S/C52H68N2O2/c1-7-13-38(27-31-55-43-19-11-17-41(53)33-43)52(39-16-10-20-44(32-39)56-45-21-12-18-42(54)34-45)30-29-50(5)40(35-52)22-23-46-48-25-24-47(51(48,6)28-26-49(46)50)37(4)15-9-8-14-36(2)3/h7,10-14,16-21,27,31-34,37,40,46-49H,1,8-9,15,22-26,28-30,35,53-54H2,2-6H3/b31-27+,38-13+. The average molecular weight is 753 g/mol. The largest absolute Gasteiger partial charge is 0.465 e. The van der Waals surface area contributed by atoms with Crippen LogP contribution in [-0.4, -0.2) is 0 Å². The predicted octanol–water partition coefficient (Wildman–Crippen LogP) is 14.0. The highest BCUT2D eigenvalue weighted by Crippen LogP contribution is 2.70. The lowest BCUT2D eigenvalue weighted by Gasteiger charge is -2.63. The molecule has 3 aromatic carbocycles. The van der Waals surface area contributed by atoms with Crippen LogP contribution in [0.25, 0.3) is 0 Å². The average Bonchev–Trinajstić information content (AvgIpc) is 3.53. The molecular weight excluding hydrogens is 685 g/mol. The van der Waals surface area contributed by atoms with E-state index < -0.39 is 0 Å². The number of hydrogen-bond acceptors (Lipinski definition) is 4. The zero-order valence-corrected chi connectivity index (χ0v) is 34.9. The van der Waals surface area contributed by atoms with Crippen molar-refractivity contribution in [2.45, 2.75) is 117 Å². The maximum Gasteiger partial charge on any atom is 0.129 e. The van der Waals surface area contributed by atoms with Crippen LogP contribution in [0.4, 0.5) is 11.4 Å². The minimum absolute atomic E-state index is 0.224. The highest BCUT2D eigenvalue weighted by atomic mass is 16.5. The summed E-state index contributed by atoms with van der Waals surface area (Å²) < 4.78 is 12.6. The normalized spacial score (nSPS) is 31.8. The fraction of sp³-hybridized carbons (Fsp3) is 0.500. The summed E-state index contributed by atoms with van der Waals surface area (Å²) in [5, 5.41) is 0. The maximum absolute atomic E-state index is 6.46. The van der Waals surface area contributed by atoms with Crippen LogP contribution in [0.5, 0.6) is 17.2 Å². The Balaban J connectivity index is 1.16. The van der Waals surface area contributed by atoms with Gasteiger partial charge in [-0.1, -0.05) is 81.8 Å². The van der Waals surface area contributed by atoms with Gasteiger partial charge in [0.05, 0.1) is 6.26 Å². The van der Waals surface area contributed by atoms with E-state index in [0.717, 1.165) is 59.7 Å². The Bertz CT molecular complexity index is 1940. The minimum Gasteiger partial charge on any atom is -0.465 e. The van der Waals surface area contributed by atoms with E-state index in [-0.39, 0.29) is 5.41 Å². The Morgan fingerprint density at radius 2 is 1.52 bits per heavy atom. The van der Waals surface area contributed by atoms with Gasteiger partial charge in [0.25, 0.3) is 0 Å².